The van der Waals surface area contributed by atoms with Gasteiger partial charge in [0.15, 0.2) is 0 Å². The third-order valence-corrected chi connectivity index (χ3v) is 3.39. The standard InChI is InChI=1S/C15H12O5/c16-6-7-4-9-13(11(18)5-7)15(20)12-8(14(9)19)2-1-3-10(12)17/h1-5,16-20H,6H2. The van der Waals surface area contributed by atoms with Gasteiger partial charge in [-0.05, 0) is 23.8 Å². The molecule has 5 N–H and O–H groups in total. The molecule has 20 heavy (non-hydrogen) atoms. The molecule has 102 valence electrons. The smallest absolute Gasteiger partial charge is 0.138 e. The minimum absolute atomic E-state index is 0.0358. The van der Waals surface area contributed by atoms with Crippen molar-refractivity contribution in [3.8, 4) is 23.0 Å². The summed E-state index contributed by atoms with van der Waals surface area (Å²) in [5.74, 6) is -0.950. The van der Waals surface area contributed by atoms with Crippen LogP contribution in [-0.2, 0) is 6.61 Å². The molecule has 3 aromatic rings. The Bertz CT molecular complexity index is 839. The lowest BCUT2D eigenvalue weighted by Gasteiger charge is -2.12. The van der Waals surface area contributed by atoms with Crippen LogP contribution in [0.5, 0.6) is 23.0 Å². The number of aliphatic hydroxyl groups is 1. The fourth-order valence-electron chi connectivity index (χ4n) is 2.47. The number of hydrogen-bond acceptors (Lipinski definition) is 5. The van der Waals surface area contributed by atoms with Crippen molar-refractivity contribution in [2.45, 2.75) is 6.61 Å². The maximum Gasteiger partial charge on any atom is 0.138 e. The lowest BCUT2D eigenvalue weighted by molar-refractivity contribution is 0.281. The fourth-order valence-corrected chi connectivity index (χ4v) is 2.47. The molecule has 0 saturated carbocycles. The predicted octanol–water partition coefficient (Wildman–Crippen LogP) is 2.31. The van der Waals surface area contributed by atoms with Gasteiger partial charge in [0.05, 0.1) is 17.4 Å². The number of hydrogen-bond donors (Lipinski definition) is 5. The Morgan fingerprint density at radius 1 is 0.750 bits per heavy atom. The van der Waals surface area contributed by atoms with Crippen LogP contribution in [-0.4, -0.2) is 25.5 Å². The highest BCUT2D eigenvalue weighted by molar-refractivity contribution is 6.14. The molecule has 0 amide bonds. The summed E-state index contributed by atoms with van der Waals surface area (Å²) in [5, 5.41) is 50.1. The zero-order valence-corrected chi connectivity index (χ0v) is 10.3. The normalized spacial score (nSPS) is 11.2. The summed E-state index contributed by atoms with van der Waals surface area (Å²) < 4.78 is 0. The number of phenolic OH excluding ortho intramolecular Hbond substituents is 4. The van der Waals surface area contributed by atoms with Crippen LogP contribution in [0.25, 0.3) is 21.5 Å². The van der Waals surface area contributed by atoms with Crippen molar-refractivity contribution >= 4 is 21.5 Å². The molecular formula is C15H12O5. The Labute approximate surface area is 113 Å². The van der Waals surface area contributed by atoms with E-state index in [0.29, 0.717) is 5.56 Å². The Hall–Kier alpha value is -2.66. The van der Waals surface area contributed by atoms with Crippen molar-refractivity contribution in [3.63, 3.8) is 0 Å². The Morgan fingerprint density at radius 2 is 1.45 bits per heavy atom. The molecule has 0 unspecified atom stereocenters. The molecule has 5 heteroatoms. The van der Waals surface area contributed by atoms with Crippen LogP contribution < -0.4 is 0 Å². The number of benzene rings is 3. The van der Waals surface area contributed by atoms with Gasteiger partial charge in [0, 0.05) is 10.8 Å². The molecule has 0 aliphatic heterocycles. The molecule has 3 rings (SSSR count). The van der Waals surface area contributed by atoms with Crippen LogP contribution in [0.3, 0.4) is 0 Å². The van der Waals surface area contributed by atoms with E-state index in [1.165, 1.54) is 18.2 Å². The highest BCUT2D eigenvalue weighted by atomic mass is 16.3. The van der Waals surface area contributed by atoms with E-state index >= 15 is 0 Å². The number of phenols is 4. The minimum atomic E-state index is -0.312. The summed E-state index contributed by atoms with van der Waals surface area (Å²) in [5.41, 5.74) is 0.407. The van der Waals surface area contributed by atoms with Gasteiger partial charge < -0.3 is 25.5 Å². The zero-order valence-electron chi connectivity index (χ0n) is 10.3. The van der Waals surface area contributed by atoms with Crippen LogP contribution >= 0.6 is 0 Å². The largest absolute Gasteiger partial charge is 0.507 e. The van der Waals surface area contributed by atoms with Crippen LogP contribution in [0.2, 0.25) is 0 Å². The maximum absolute atomic E-state index is 10.3. The summed E-state index contributed by atoms with van der Waals surface area (Å²) in [6, 6.07) is 7.25. The van der Waals surface area contributed by atoms with Gasteiger partial charge in [0.2, 0.25) is 0 Å². The number of aliphatic hydroxyl groups excluding tert-OH is 1. The van der Waals surface area contributed by atoms with E-state index in [4.69, 9.17) is 5.11 Å². The van der Waals surface area contributed by atoms with Crippen molar-refractivity contribution in [1.82, 2.24) is 0 Å². The summed E-state index contributed by atoms with van der Waals surface area (Å²) in [6.45, 7) is -0.304. The van der Waals surface area contributed by atoms with Crippen molar-refractivity contribution in [2.24, 2.45) is 0 Å². The van der Waals surface area contributed by atoms with Gasteiger partial charge in [-0.15, -0.1) is 0 Å². The van der Waals surface area contributed by atoms with Gasteiger partial charge in [-0.3, -0.25) is 0 Å². The third-order valence-electron chi connectivity index (χ3n) is 3.39. The van der Waals surface area contributed by atoms with Crippen LogP contribution in [0, 0.1) is 0 Å². The third kappa shape index (κ3) is 1.53. The van der Waals surface area contributed by atoms with Gasteiger partial charge in [-0.2, -0.15) is 0 Å². The average molecular weight is 272 g/mol. The van der Waals surface area contributed by atoms with Gasteiger partial charge in [-0.25, -0.2) is 0 Å². The van der Waals surface area contributed by atoms with Crippen molar-refractivity contribution in [1.29, 1.82) is 0 Å². The van der Waals surface area contributed by atoms with E-state index in [1.54, 1.807) is 12.1 Å². The molecule has 5 nitrogen and oxygen atoms in total. The zero-order chi connectivity index (χ0) is 14.4. The summed E-state index contributed by atoms with van der Waals surface area (Å²) >= 11 is 0. The molecule has 3 aromatic carbocycles. The Morgan fingerprint density at radius 3 is 2.15 bits per heavy atom. The minimum Gasteiger partial charge on any atom is -0.507 e. The predicted molar refractivity (Wildman–Crippen MR) is 74.0 cm³/mol. The second-order valence-electron chi connectivity index (χ2n) is 4.59. The highest BCUT2D eigenvalue weighted by Crippen LogP contribution is 2.47. The summed E-state index contributed by atoms with van der Waals surface area (Å²) in [4.78, 5) is 0. The Kier molecular flexibility index (Phi) is 2.59. The van der Waals surface area contributed by atoms with E-state index in [9.17, 15) is 20.4 Å². The van der Waals surface area contributed by atoms with Crippen molar-refractivity contribution < 1.29 is 25.5 Å². The molecule has 0 fully saturated rings. The average Bonchev–Trinajstić information content (AvgIpc) is 2.43. The number of fused-ring (bicyclic) bond motifs is 2. The van der Waals surface area contributed by atoms with Gasteiger partial charge in [0.1, 0.15) is 23.0 Å². The first-order chi connectivity index (χ1) is 9.54. The highest BCUT2D eigenvalue weighted by Gasteiger charge is 2.18. The molecule has 0 saturated heterocycles. The monoisotopic (exact) mass is 272 g/mol. The van der Waals surface area contributed by atoms with Crippen LogP contribution in [0.4, 0.5) is 0 Å². The summed E-state index contributed by atoms with van der Waals surface area (Å²) in [6.07, 6.45) is 0. The topological polar surface area (TPSA) is 101 Å². The van der Waals surface area contributed by atoms with Gasteiger partial charge in [-0.1, -0.05) is 12.1 Å². The summed E-state index contributed by atoms with van der Waals surface area (Å²) in [7, 11) is 0. The molecule has 0 aliphatic rings. The van der Waals surface area contributed by atoms with Gasteiger partial charge >= 0.3 is 0 Å². The SMILES string of the molecule is OCc1cc(O)c2c(O)c3c(O)cccc3c(O)c2c1. The molecule has 0 spiro atoms. The first kappa shape index (κ1) is 12.4. The first-order valence-corrected chi connectivity index (χ1v) is 5.96. The quantitative estimate of drug-likeness (QED) is 0.345. The number of aromatic hydroxyl groups is 4. The second-order valence-corrected chi connectivity index (χ2v) is 4.59. The van der Waals surface area contributed by atoms with Gasteiger partial charge in [0.25, 0.3) is 0 Å². The van der Waals surface area contributed by atoms with Crippen LogP contribution in [0.15, 0.2) is 30.3 Å². The van der Waals surface area contributed by atoms with E-state index in [2.05, 4.69) is 0 Å². The molecule has 0 bridgehead atoms. The molecule has 0 aromatic heterocycles. The molecular weight excluding hydrogens is 260 g/mol. The van der Waals surface area contributed by atoms with E-state index < -0.39 is 0 Å². The van der Waals surface area contributed by atoms with E-state index in [-0.39, 0.29) is 51.1 Å². The molecule has 0 aliphatic carbocycles. The molecule has 0 atom stereocenters. The molecule has 0 heterocycles. The fraction of sp³-hybridized carbons (Fsp3) is 0.0667. The van der Waals surface area contributed by atoms with Crippen molar-refractivity contribution in [2.75, 3.05) is 0 Å². The Balaban J connectivity index is 2.62. The number of rotatable bonds is 1. The van der Waals surface area contributed by atoms with Crippen LogP contribution in [0.1, 0.15) is 5.56 Å². The molecule has 0 radical (unpaired) electrons. The lowest BCUT2D eigenvalue weighted by Crippen LogP contribution is -1.87. The maximum atomic E-state index is 10.3. The van der Waals surface area contributed by atoms with Crippen molar-refractivity contribution in [3.05, 3.63) is 35.9 Å². The van der Waals surface area contributed by atoms with E-state index in [0.717, 1.165) is 0 Å². The second kappa shape index (κ2) is 4.18. The lowest BCUT2D eigenvalue weighted by atomic mass is 9.97. The first-order valence-electron chi connectivity index (χ1n) is 5.96. The van der Waals surface area contributed by atoms with E-state index in [1.807, 2.05) is 0 Å².